The highest BCUT2D eigenvalue weighted by Crippen LogP contribution is 2.48. The normalized spacial score (nSPS) is 16.5. The van der Waals surface area contributed by atoms with Crippen molar-refractivity contribution in [3.05, 3.63) is 70.3 Å². The summed E-state index contributed by atoms with van der Waals surface area (Å²) in [6.45, 7) is 13.2. The van der Waals surface area contributed by atoms with Crippen LogP contribution in [-0.2, 0) is 10.2 Å². The molecular weight excluding hydrogens is 372 g/mol. The average molecular weight is 403 g/mol. The van der Waals surface area contributed by atoms with E-state index < -0.39 is 5.97 Å². The topological polar surface area (TPSA) is 46.5 Å². The molecule has 0 bridgehead atoms. The molecule has 1 N–H and O–H groups in total. The van der Waals surface area contributed by atoms with Gasteiger partial charge in [-0.05, 0) is 73.1 Å². The van der Waals surface area contributed by atoms with Crippen molar-refractivity contribution >= 4 is 12.0 Å². The van der Waals surface area contributed by atoms with Gasteiger partial charge in [-0.25, -0.2) is 4.79 Å². The Labute approximate surface area is 179 Å². The van der Waals surface area contributed by atoms with E-state index in [1.807, 2.05) is 24.3 Å². The fourth-order valence-electron chi connectivity index (χ4n) is 4.27. The smallest absolute Gasteiger partial charge is 0.328 e. The molecule has 0 fully saturated rings. The number of fused-ring (bicyclic) bond motifs is 1. The van der Waals surface area contributed by atoms with E-state index in [4.69, 9.17) is 9.84 Å². The van der Waals surface area contributed by atoms with Gasteiger partial charge in [0.15, 0.2) is 0 Å². The average Bonchev–Trinajstić information content (AvgIpc) is 2.63. The first-order chi connectivity index (χ1) is 14.0. The summed E-state index contributed by atoms with van der Waals surface area (Å²) >= 11 is 0. The minimum atomic E-state index is -0.963. The Morgan fingerprint density at radius 3 is 2.47 bits per heavy atom. The van der Waals surface area contributed by atoms with Gasteiger partial charge in [-0.1, -0.05) is 51.7 Å². The molecule has 1 aliphatic rings. The van der Waals surface area contributed by atoms with Crippen LogP contribution in [0.25, 0.3) is 6.08 Å². The molecular formula is C27H30O3. The van der Waals surface area contributed by atoms with Gasteiger partial charge < -0.3 is 9.84 Å². The van der Waals surface area contributed by atoms with Gasteiger partial charge in [-0.15, -0.1) is 0 Å². The Morgan fingerprint density at radius 1 is 1.10 bits per heavy atom. The second-order valence-corrected chi connectivity index (χ2v) is 9.57. The van der Waals surface area contributed by atoms with E-state index in [1.165, 1.54) is 11.1 Å². The molecule has 2 aromatic carbocycles. The van der Waals surface area contributed by atoms with Gasteiger partial charge in [0.25, 0.3) is 0 Å². The molecule has 156 valence electrons. The molecule has 0 atom stereocenters. The number of carbonyl (C=O) groups is 1. The van der Waals surface area contributed by atoms with Crippen LogP contribution in [-0.4, -0.2) is 16.7 Å². The molecule has 3 rings (SSSR count). The van der Waals surface area contributed by atoms with Crippen LogP contribution in [0, 0.1) is 11.8 Å². The fraction of sp³-hybridized carbons (Fsp3) is 0.370. The summed E-state index contributed by atoms with van der Waals surface area (Å²) in [6.07, 6.45) is 3.65. The van der Waals surface area contributed by atoms with E-state index in [-0.39, 0.29) is 11.0 Å². The van der Waals surface area contributed by atoms with Crippen LogP contribution in [0.5, 0.6) is 5.75 Å². The summed E-state index contributed by atoms with van der Waals surface area (Å²) in [5, 5.41) is 8.81. The minimum Gasteiger partial charge on any atom is -0.487 e. The van der Waals surface area contributed by atoms with Crippen molar-refractivity contribution < 1.29 is 14.6 Å². The number of hydrogen-bond donors (Lipinski definition) is 1. The number of carboxylic acids is 1. The summed E-state index contributed by atoms with van der Waals surface area (Å²) in [4.78, 5) is 10.7. The SMILES string of the molecule is CC(C)c1cc(C#Cc2cccc(/C=C/C(=O)O)c2)cc2c1OC(C)(C)CC2(C)C. The highest BCUT2D eigenvalue weighted by Gasteiger charge is 2.40. The van der Waals surface area contributed by atoms with Crippen molar-refractivity contribution in [2.75, 3.05) is 0 Å². The molecule has 30 heavy (non-hydrogen) atoms. The Bertz CT molecular complexity index is 1060. The lowest BCUT2D eigenvalue weighted by molar-refractivity contribution is -0.131. The minimum absolute atomic E-state index is 0.0000431. The van der Waals surface area contributed by atoms with E-state index >= 15 is 0 Å². The fourth-order valence-corrected chi connectivity index (χ4v) is 4.27. The first-order valence-corrected chi connectivity index (χ1v) is 10.4. The lowest BCUT2D eigenvalue weighted by Crippen LogP contribution is -2.41. The first-order valence-electron chi connectivity index (χ1n) is 10.4. The number of rotatable bonds is 3. The molecule has 0 saturated heterocycles. The molecule has 0 saturated carbocycles. The van der Waals surface area contributed by atoms with Gasteiger partial charge in [-0.2, -0.15) is 0 Å². The number of carboxylic acid groups (broad SMARTS) is 1. The van der Waals surface area contributed by atoms with Crippen LogP contribution in [0.15, 0.2) is 42.5 Å². The van der Waals surface area contributed by atoms with Gasteiger partial charge in [0.05, 0.1) is 0 Å². The Morgan fingerprint density at radius 2 is 1.80 bits per heavy atom. The molecule has 0 radical (unpaired) electrons. The number of hydrogen-bond acceptors (Lipinski definition) is 2. The Hall–Kier alpha value is -2.99. The standard InChI is InChI=1S/C27H30O3/c1-18(2)22-15-21(16-23-25(22)30-27(5,6)17-26(23,3)4)11-10-19-8-7-9-20(14-19)12-13-24(28)29/h7-9,12-16,18H,17H2,1-6H3,(H,28,29)/b13-12+. The van der Waals surface area contributed by atoms with E-state index in [0.29, 0.717) is 5.92 Å². The quantitative estimate of drug-likeness (QED) is 0.495. The van der Waals surface area contributed by atoms with Crippen LogP contribution in [0.3, 0.4) is 0 Å². The number of aliphatic carboxylic acids is 1. The second-order valence-electron chi connectivity index (χ2n) is 9.57. The predicted octanol–water partition coefficient (Wildman–Crippen LogP) is 6.15. The monoisotopic (exact) mass is 402 g/mol. The van der Waals surface area contributed by atoms with E-state index in [2.05, 4.69) is 65.5 Å². The number of benzene rings is 2. The maximum atomic E-state index is 10.7. The molecule has 0 unspecified atom stereocenters. The van der Waals surface area contributed by atoms with E-state index in [0.717, 1.165) is 34.9 Å². The summed E-state index contributed by atoms with van der Waals surface area (Å²) in [7, 11) is 0. The molecule has 1 aliphatic heterocycles. The van der Waals surface area contributed by atoms with Crippen LogP contribution in [0.2, 0.25) is 0 Å². The predicted molar refractivity (Wildman–Crippen MR) is 122 cm³/mol. The summed E-state index contributed by atoms with van der Waals surface area (Å²) in [5.41, 5.74) is 4.85. The summed E-state index contributed by atoms with van der Waals surface area (Å²) < 4.78 is 6.42. The van der Waals surface area contributed by atoms with Crippen LogP contribution in [0.1, 0.15) is 81.7 Å². The van der Waals surface area contributed by atoms with E-state index in [9.17, 15) is 4.79 Å². The summed E-state index contributed by atoms with van der Waals surface area (Å²) in [6, 6.07) is 11.9. The van der Waals surface area contributed by atoms with Crippen molar-refractivity contribution in [2.24, 2.45) is 0 Å². The van der Waals surface area contributed by atoms with Gasteiger partial charge >= 0.3 is 5.97 Å². The van der Waals surface area contributed by atoms with Crippen LogP contribution < -0.4 is 4.74 Å². The van der Waals surface area contributed by atoms with Crippen molar-refractivity contribution in [3.63, 3.8) is 0 Å². The lowest BCUT2D eigenvalue weighted by Gasteiger charge is -2.43. The lowest BCUT2D eigenvalue weighted by atomic mass is 9.72. The van der Waals surface area contributed by atoms with Gasteiger partial charge in [0, 0.05) is 22.8 Å². The van der Waals surface area contributed by atoms with E-state index in [1.54, 1.807) is 6.08 Å². The first kappa shape index (κ1) is 21.7. The zero-order valence-corrected chi connectivity index (χ0v) is 18.7. The molecule has 0 aromatic heterocycles. The molecule has 1 heterocycles. The number of ether oxygens (including phenoxy) is 1. The zero-order valence-electron chi connectivity index (χ0n) is 18.7. The highest BCUT2D eigenvalue weighted by atomic mass is 16.5. The molecule has 0 aliphatic carbocycles. The van der Waals surface area contributed by atoms with Gasteiger partial charge in [0.1, 0.15) is 11.4 Å². The third kappa shape index (κ3) is 4.94. The molecule has 3 nitrogen and oxygen atoms in total. The largest absolute Gasteiger partial charge is 0.487 e. The third-order valence-corrected chi connectivity index (χ3v) is 5.37. The molecule has 0 spiro atoms. The van der Waals surface area contributed by atoms with Gasteiger partial charge in [0.2, 0.25) is 0 Å². The molecule has 2 aromatic rings. The second kappa shape index (κ2) is 8.03. The highest BCUT2D eigenvalue weighted by molar-refractivity contribution is 5.85. The molecule has 0 amide bonds. The zero-order chi connectivity index (χ0) is 22.1. The van der Waals surface area contributed by atoms with Crippen molar-refractivity contribution in [1.82, 2.24) is 0 Å². The van der Waals surface area contributed by atoms with Gasteiger partial charge in [-0.3, -0.25) is 0 Å². The van der Waals surface area contributed by atoms with Crippen molar-refractivity contribution in [1.29, 1.82) is 0 Å². The van der Waals surface area contributed by atoms with Crippen molar-refractivity contribution in [2.45, 2.75) is 64.9 Å². The van der Waals surface area contributed by atoms with Crippen LogP contribution in [0.4, 0.5) is 0 Å². The summed E-state index contributed by atoms with van der Waals surface area (Å²) in [5.74, 6) is 6.92. The maximum absolute atomic E-state index is 10.7. The van der Waals surface area contributed by atoms with Crippen molar-refractivity contribution in [3.8, 4) is 17.6 Å². The third-order valence-electron chi connectivity index (χ3n) is 5.37. The Balaban J connectivity index is 2.03. The Kier molecular flexibility index (Phi) is 5.81. The van der Waals surface area contributed by atoms with Crippen LogP contribution >= 0.6 is 0 Å². The molecule has 3 heteroatoms. The maximum Gasteiger partial charge on any atom is 0.328 e.